The third kappa shape index (κ3) is 4.41. The highest BCUT2D eigenvalue weighted by Gasteiger charge is 2.52. The van der Waals surface area contributed by atoms with Crippen LogP contribution in [0.15, 0.2) is 176 Å². The molecular weight excluding hydrogens is 682 g/mol. The number of hydrogen-bond acceptors (Lipinski definition) is 1. The van der Waals surface area contributed by atoms with Crippen molar-refractivity contribution in [3.8, 4) is 44.5 Å². The number of para-hydroxylation sites is 1. The van der Waals surface area contributed by atoms with Crippen LogP contribution < -0.4 is 4.90 Å². The van der Waals surface area contributed by atoms with Crippen molar-refractivity contribution in [1.82, 2.24) is 0 Å². The van der Waals surface area contributed by atoms with Crippen molar-refractivity contribution in [3.63, 3.8) is 0 Å². The molecule has 0 N–H and O–H groups in total. The minimum Gasteiger partial charge on any atom is -0.310 e. The lowest BCUT2D eigenvalue weighted by Gasteiger charge is -2.33. The number of anilines is 3. The highest BCUT2D eigenvalue weighted by Crippen LogP contribution is 2.64. The first-order chi connectivity index (χ1) is 27.4. The second-order valence-corrected chi connectivity index (χ2v) is 16.1. The Morgan fingerprint density at radius 1 is 0.429 bits per heavy atom. The van der Waals surface area contributed by atoms with Crippen molar-refractivity contribution < 1.29 is 4.39 Å². The SMILES string of the molecule is CCc1ccc2c(c1)C1(c3ccccc3-c3ccc(N(c4ccc5c(c4)C(C)(C)c4ccccc4-5)c4ccccc4-c4ccccc4)cc31)c1cc(F)ccc1-2. The van der Waals surface area contributed by atoms with Crippen molar-refractivity contribution in [2.45, 2.75) is 38.0 Å². The van der Waals surface area contributed by atoms with Gasteiger partial charge in [-0.25, -0.2) is 4.39 Å². The summed E-state index contributed by atoms with van der Waals surface area (Å²) in [6.07, 6.45) is 0.922. The Morgan fingerprint density at radius 3 is 1.64 bits per heavy atom. The van der Waals surface area contributed by atoms with Gasteiger partial charge < -0.3 is 4.90 Å². The minimum atomic E-state index is -0.675. The molecule has 0 aliphatic heterocycles. The number of nitrogens with zero attached hydrogens (tertiary/aromatic N) is 1. The summed E-state index contributed by atoms with van der Waals surface area (Å²) < 4.78 is 15.6. The third-order valence-corrected chi connectivity index (χ3v) is 12.9. The first kappa shape index (κ1) is 32.9. The predicted molar refractivity (Wildman–Crippen MR) is 230 cm³/mol. The topological polar surface area (TPSA) is 3.24 Å². The van der Waals surface area contributed by atoms with Crippen LogP contribution >= 0.6 is 0 Å². The molecule has 0 bridgehead atoms. The monoisotopic (exact) mass is 721 g/mol. The molecule has 268 valence electrons. The minimum absolute atomic E-state index is 0.158. The van der Waals surface area contributed by atoms with Crippen molar-refractivity contribution in [3.05, 3.63) is 221 Å². The van der Waals surface area contributed by atoms with Crippen molar-refractivity contribution in [2.24, 2.45) is 0 Å². The molecule has 3 aliphatic carbocycles. The summed E-state index contributed by atoms with van der Waals surface area (Å²) in [5.74, 6) is -0.214. The van der Waals surface area contributed by atoms with Gasteiger partial charge in [-0.05, 0) is 127 Å². The first-order valence-corrected chi connectivity index (χ1v) is 19.8. The van der Waals surface area contributed by atoms with E-state index in [1.165, 1.54) is 61.2 Å². The molecule has 1 atom stereocenters. The molecule has 56 heavy (non-hydrogen) atoms. The molecule has 1 nitrogen and oxygen atoms in total. The van der Waals surface area contributed by atoms with E-state index in [1.54, 1.807) is 12.1 Å². The molecule has 1 spiro atoms. The molecule has 0 radical (unpaired) electrons. The third-order valence-electron chi connectivity index (χ3n) is 12.9. The number of aryl methyl sites for hydroxylation is 1. The average molecular weight is 722 g/mol. The summed E-state index contributed by atoms with van der Waals surface area (Å²) in [5.41, 5.74) is 20.6. The normalized spacial score (nSPS) is 16.1. The highest BCUT2D eigenvalue weighted by atomic mass is 19.1. The summed E-state index contributed by atoms with van der Waals surface area (Å²) in [6, 6.07) is 63.4. The Balaban J connectivity index is 1.21. The first-order valence-electron chi connectivity index (χ1n) is 19.8. The van der Waals surface area contributed by atoms with E-state index in [4.69, 9.17) is 0 Å². The van der Waals surface area contributed by atoms with Gasteiger partial charge in [0, 0.05) is 22.4 Å². The lowest BCUT2D eigenvalue weighted by Crippen LogP contribution is -2.26. The van der Waals surface area contributed by atoms with Crippen LogP contribution in [0.3, 0.4) is 0 Å². The van der Waals surface area contributed by atoms with Gasteiger partial charge >= 0.3 is 0 Å². The molecule has 0 amide bonds. The zero-order valence-corrected chi connectivity index (χ0v) is 31.8. The average Bonchev–Trinajstić information content (AvgIpc) is 3.79. The molecule has 8 aromatic carbocycles. The molecule has 0 fully saturated rings. The van der Waals surface area contributed by atoms with Gasteiger partial charge in [0.1, 0.15) is 5.82 Å². The molecule has 2 heteroatoms. The lowest BCUT2D eigenvalue weighted by molar-refractivity contribution is 0.622. The van der Waals surface area contributed by atoms with Crippen LogP contribution in [-0.2, 0) is 17.3 Å². The quantitative estimate of drug-likeness (QED) is 0.171. The summed E-state index contributed by atoms with van der Waals surface area (Å²) >= 11 is 0. The van der Waals surface area contributed by atoms with Crippen LogP contribution in [0, 0.1) is 5.82 Å². The van der Waals surface area contributed by atoms with Crippen LogP contribution in [0.5, 0.6) is 0 Å². The molecule has 11 rings (SSSR count). The van der Waals surface area contributed by atoms with Crippen molar-refractivity contribution in [2.75, 3.05) is 4.90 Å². The number of halogens is 1. The number of benzene rings is 8. The van der Waals surface area contributed by atoms with Gasteiger partial charge in [-0.3, -0.25) is 0 Å². The van der Waals surface area contributed by atoms with Crippen LogP contribution in [-0.4, -0.2) is 0 Å². The van der Waals surface area contributed by atoms with Gasteiger partial charge in [0.25, 0.3) is 0 Å². The summed E-state index contributed by atoms with van der Waals surface area (Å²) in [7, 11) is 0. The fourth-order valence-corrected chi connectivity index (χ4v) is 10.3. The zero-order valence-electron chi connectivity index (χ0n) is 31.8. The van der Waals surface area contributed by atoms with Gasteiger partial charge in [0.15, 0.2) is 0 Å². The molecule has 0 heterocycles. The molecule has 1 unspecified atom stereocenters. The second-order valence-electron chi connectivity index (χ2n) is 16.1. The van der Waals surface area contributed by atoms with Gasteiger partial charge in [-0.2, -0.15) is 0 Å². The maximum absolute atomic E-state index is 15.6. The summed E-state index contributed by atoms with van der Waals surface area (Å²) in [6.45, 7) is 6.90. The Labute approximate surface area is 328 Å². The zero-order chi connectivity index (χ0) is 37.8. The molecule has 0 saturated heterocycles. The molecule has 3 aliphatic rings. The fraction of sp³-hybridized carbons (Fsp3) is 0.111. The molecule has 0 saturated carbocycles. The Bertz CT molecular complexity index is 2900. The maximum atomic E-state index is 15.6. The van der Waals surface area contributed by atoms with Crippen molar-refractivity contribution >= 4 is 17.1 Å². The van der Waals surface area contributed by atoms with E-state index in [-0.39, 0.29) is 11.2 Å². The van der Waals surface area contributed by atoms with E-state index >= 15 is 4.39 Å². The van der Waals surface area contributed by atoms with Gasteiger partial charge in [-0.15, -0.1) is 0 Å². The molecular formula is C54H40FN. The fourth-order valence-electron chi connectivity index (χ4n) is 10.3. The van der Waals surface area contributed by atoms with Gasteiger partial charge in [0.2, 0.25) is 0 Å². The van der Waals surface area contributed by atoms with E-state index in [1.807, 2.05) is 6.07 Å². The standard InChI is InChI=1S/C54H40FN/c1-4-34-22-26-43-44-27-23-36(55)31-50(44)54(49(43)30-34)47-20-12-9-18-41(47)45-29-25-38(33-51(45)54)56(52-21-13-10-16-39(52)35-14-6-5-7-15-35)37-24-28-42-40-17-8-11-19-46(40)53(2,3)48(42)32-37/h5-33H,4H2,1-3H3. The van der Waals surface area contributed by atoms with E-state index in [0.29, 0.717) is 0 Å². The van der Waals surface area contributed by atoms with E-state index in [0.717, 1.165) is 45.7 Å². The second kappa shape index (κ2) is 12.0. The lowest BCUT2D eigenvalue weighted by atomic mass is 9.70. The largest absolute Gasteiger partial charge is 0.310 e. The van der Waals surface area contributed by atoms with Crippen LogP contribution in [0.1, 0.15) is 59.7 Å². The van der Waals surface area contributed by atoms with Gasteiger partial charge in [0.05, 0.1) is 11.1 Å². The number of hydrogen-bond donors (Lipinski definition) is 0. The van der Waals surface area contributed by atoms with Crippen molar-refractivity contribution in [1.29, 1.82) is 0 Å². The molecule has 0 aromatic heterocycles. The van der Waals surface area contributed by atoms with Crippen LogP contribution in [0.2, 0.25) is 0 Å². The maximum Gasteiger partial charge on any atom is 0.123 e. The van der Waals surface area contributed by atoms with E-state index in [2.05, 4.69) is 183 Å². The number of rotatable bonds is 5. The highest BCUT2D eigenvalue weighted by molar-refractivity contribution is 5.97. The summed E-state index contributed by atoms with van der Waals surface area (Å²) in [4.78, 5) is 2.45. The van der Waals surface area contributed by atoms with Crippen LogP contribution in [0.4, 0.5) is 21.5 Å². The number of fused-ring (bicyclic) bond motifs is 13. The van der Waals surface area contributed by atoms with E-state index < -0.39 is 5.41 Å². The van der Waals surface area contributed by atoms with Gasteiger partial charge in [-0.1, -0.05) is 154 Å². The smallest absolute Gasteiger partial charge is 0.123 e. The Morgan fingerprint density at radius 2 is 0.929 bits per heavy atom. The Hall–Kier alpha value is -6.51. The molecule has 8 aromatic rings. The Kier molecular flexibility index (Phi) is 7.04. The van der Waals surface area contributed by atoms with Crippen LogP contribution in [0.25, 0.3) is 44.5 Å². The van der Waals surface area contributed by atoms with E-state index in [9.17, 15) is 0 Å². The predicted octanol–water partition coefficient (Wildman–Crippen LogP) is 14.2. The summed E-state index contributed by atoms with van der Waals surface area (Å²) in [5, 5.41) is 0.